The Kier molecular flexibility index (Phi) is 13.2. The molecule has 0 aliphatic carbocycles. The van der Waals surface area contributed by atoms with Gasteiger partial charge in [-0.3, -0.25) is 0 Å². The van der Waals surface area contributed by atoms with Gasteiger partial charge < -0.3 is 19.9 Å². The first-order valence-electron chi connectivity index (χ1n) is 6.21. The second kappa shape index (κ2) is 12.3. The van der Waals surface area contributed by atoms with Crippen LogP contribution >= 0.6 is 0 Å². The number of aliphatic hydroxyl groups is 1. The van der Waals surface area contributed by atoms with Gasteiger partial charge in [0.25, 0.3) is 0 Å². The zero-order valence-electron chi connectivity index (χ0n) is 12.2. The predicted octanol–water partition coefficient (Wildman–Crippen LogP) is -0.448. The molecule has 0 spiro atoms. The van der Waals surface area contributed by atoms with Crippen molar-refractivity contribution in [1.29, 1.82) is 0 Å². The van der Waals surface area contributed by atoms with Gasteiger partial charge in [-0.25, -0.2) is 0 Å². The summed E-state index contributed by atoms with van der Waals surface area (Å²) in [7, 11) is 4.02. The largest absolute Gasteiger partial charge is 0.545 e. The topological polar surface area (TPSA) is 64.8 Å². The maximum absolute atomic E-state index is 10.1. The molecule has 0 atom stereocenters. The lowest BCUT2D eigenvalue weighted by atomic mass is 10.1. The SMILES string of the molecule is CC(C)=CCC/C(C)=C/C(=O)[O-].C[NH+](C)CCO. The Morgan fingerprint density at radius 3 is 2.11 bits per heavy atom. The highest BCUT2D eigenvalue weighted by Gasteiger charge is 1.88. The summed E-state index contributed by atoms with van der Waals surface area (Å²) in [4.78, 5) is 11.4. The molecule has 0 unspecified atom stereocenters. The lowest BCUT2D eigenvalue weighted by Gasteiger charge is -2.00. The van der Waals surface area contributed by atoms with Crippen molar-refractivity contribution in [3.05, 3.63) is 23.3 Å². The van der Waals surface area contributed by atoms with Gasteiger partial charge in [-0.15, -0.1) is 0 Å². The van der Waals surface area contributed by atoms with Crippen molar-refractivity contribution in [2.45, 2.75) is 33.6 Å². The van der Waals surface area contributed by atoms with Crippen molar-refractivity contribution in [3.8, 4) is 0 Å². The molecular formula is C14H27NO3. The van der Waals surface area contributed by atoms with Crippen LogP contribution in [0, 0.1) is 0 Å². The number of aliphatic carboxylic acids is 1. The first kappa shape index (κ1) is 19.2. The first-order valence-corrected chi connectivity index (χ1v) is 6.21. The molecule has 18 heavy (non-hydrogen) atoms. The summed E-state index contributed by atoms with van der Waals surface area (Å²) in [5.41, 5.74) is 2.11. The highest BCUT2D eigenvalue weighted by Crippen LogP contribution is 2.05. The number of carbonyl (C=O) groups excluding carboxylic acids is 1. The van der Waals surface area contributed by atoms with Crippen molar-refractivity contribution in [2.75, 3.05) is 27.2 Å². The van der Waals surface area contributed by atoms with E-state index in [2.05, 4.69) is 6.08 Å². The minimum atomic E-state index is -1.11. The highest BCUT2D eigenvalue weighted by atomic mass is 16.4. The third kappa shape index (κ3) is 20.3. The number of allylic oxidation sites excluding steroid dienone is 3. The lowest BCUT2D eigenvalue weighted by molar-refractivity contribution is -0.858. The molecule has 0 saturated heterocycles. The van der Waals surface area contributed by atoms with Gasteiger partial charge in [0.2, 0.25) is 0 Å². The standard InChI is InChI=1S/C10H16O2.C4H11NO/c1-8(2)5-4-6-9(3)7-10(11)12;1-5(2)3-4-6/h5,7H,4,6H2,1-3H3,(H,11,12);6H,3-4H2,1-2H3/b9-7+;. The number of carboxylic acid groups (broad SMARTS) is 1. The summed E-state index contributed by atoms with van der Waals surface area (Å²) in [6, 6.07) is 0. The Balaban J connectivity index is 0. The van der Waals surface area contributed by atoms with Gasteiger partial charge in [0.1, 0.15) is 6.54 Å². The summed E-state index contributed by atoms with van der Waals surface area (Å²) in [5, 5.41) is 18.3. The van der Waals surface area contributed by atoms with Crippen LogP contribution in [0.5, 0.6) is 0 Å². The molecule has 4 nitrogen and oxygen atoms in total. The molecule has 0 heterocycles. The van der Waals surface area contributed by atoms with Crippen LogP contribution in [0.2, 0.25) is 0 Å². The van der Waals surface area contributed by atoms with Crippen LogP contribution in [0.3, 0.4) is 0 Å². The monoisotopic (exact) mass is 257 g/mol. The maximum atomic E-state index is 10.1. The lowest BCUT2D eigenvalue weighted by Crippen LogP contribution is -3.06. The highest BCUT2D eigenvalue weighted by molar-refractivity contribution is 5.78. The summed E-state index contributed by atoms with van der Waals surface area (Å²) < 4.78 is 0. The van der Waals surface area contributed by atoms with E-state index in [4.69, 9.17) is 5.11 Å². The molecule has 0 amide bonds. The van der Waals surface area contributed by atoms with E-state index in [1.165, 1.54) is 10.5 Å². The summed E-state index contributed by atoms with van der Waals surface area (Å²) in [6.07, 6.45) is 4.93. The van der Waals surface area contributed by atoms with E-state index < -0.39 is 5.97 Å². The number of carbonyl (C=O) groups is 1. The molecule has 2 N–H and O–H groups in total. The molecule has 0 aliphatic heterocycles. The maximum Gasteiger partial charge on any atom is 0.100 e. The number of rotatable bonds is 6. The normalized spacial score (nSPS) is 10.7. The Morgan fingerprint density at radius 2 is 1.83 bits per heavy atom. The van der Waals surface area contributed by atoms with Gasteiger partial charge in [-0.1, -0.05) is 17.2 Å². The van der Waals surface area contributed by atoms with Crippen LogP contribution < -0.4 is 10.0 Å². The molecule has 0 bridgehead atoms. The molecule has 0 fully saturated rings. The zero-order chi connectivity index (χ0) is 14.6. The Hall–Kier alpha value is -1.13. The van der Waals surface area contributed by atoms with E-state index in [1.54, 1.807) is 6.92 Å². The molecule has 0 radical (unpaired) electrons. The summed E-state index contributed by atoms with van der Waals surface area (Å²) in [5.74, 6) is -1.11. The smallest absolute Gasteiger partial charge is 0.100 e. The van der Waals surface area contributed by atoms with Crippen LogP contribution in [0.15, 0.2) is 23.3 Å². The van der Waals surface area contributed by atoms with Crippen molar-refractivity contribution in [2.24, 2.45) is 0 Å². The summed E-state index contributed by atoms with van der Waals surface area (Å²) in [6.45, 7) is 6.99. The molecule has 0 aromatic carbocycles. The molecule has 0 saturated carbocycles. The number of quaternary nitrogens is 1. The number of hydrogen-bond acceptors (Lipinski definition) is 3. The fourth-order valence-corrected chi connectivity index (χ4v) is 1.09. The second-order valence-electron chi connectivity index (χ2n) is 4.81. The molecule has 0 aliphatic rings. The fourth-order valence-electron chi connectivity index (χ4n) is 1.09. The van der Waals surface area contributed by atoms with Gasteiger partial charge >= 0.3 is 0 Å². The van der Waals surface area contributed by atoms with E-state index in [0.29, 0.717) is 6.61 Å². The number of aliphatic hydroxyl groups excluding tert-OH is 1. The number of likely N-dealkylation sites (N-methyl/N-ethyl adjacent to an activating group) is 1. The van der Waals surface area contributed by atoms with Gasteiger partial charge in [-0.2, -0.15) is 0 Å². The molecule has 106 valence electrons. The van der Waals surface area contributed by atoms with E-state index in [9.17, 15) is 9.90 Å². The fraction of sp³-hybridized carbons (Fsp3) is 0.643. The molecule has 4 heteroatoms. The van der Waals surface area contributed by atoms with Gasteiger partial charge in [0, 0.05) is 0 Å². The Labute approximate surface area is 111 Å². The summed E-state index contributed by atoms with van der Waals surface area (Å²) >= 11 is 0. The van der Waals surface area contributed by atoms with E-state index in [1.807, 2.05) is 27.9 Å². The number of hydrogen-bond donors (Lipinski definition) is 2. The average Bonchev–Trinajstić information content (AvgIpc) is 2.16. The predicted molar refractivity (Wildman–Crippen MR) is 72.2 cm³/mol. The average molecular weight is 257 g/mol. The van der Waals surface area contributed by atoms with Gasteiger partial charge in [0.15, 0.2) is 0 Å². The van der Waals surface area contributed by atoms with E-state index in [0.717, 1.165) is 31.0 Å². The molecule has 0 aromatic rings. The second-order valence-corrected chi connectivity index (χ2v) is 4.81. The Bertz CT molecular complexity index is 277. The van der Waals surface area contributed by atoms with Crippen LogP contribution in [0.4, 0.5) is 0 Å². The Morgan fingerprint density at radius 1 is 1.28 bits per heavy atom. The molecular weight excluding hydrogens is 230 g/mol. The van der Waals surface area contributed by atoms with Crippen LogP contribution in [0.1, 0.15) is 33.6 Å². The van der Waals surface area contributed by atoms with Gasteiger partial charge in [-0.05, 0) is 39.7 Å². The van der Waals surface area contributed by atoms with E-state index >= 15 is 0 Å². The van der Waals surface area contributed by atoms with Crippen molar-refractivity contribution in [3.63, 3.8) is 0 Å². The minimum absolute atomic E-state index is 0.294. The van der Waals surface area contributed by atoms with Crippen LogP contribution in [0.25, 0.3) is 0 Å². The van der Waals surface area contributed by atoms with Crippen molar-refractivity contribution < 1.29 is 19.9 Å². The molecule has 0 aromatic heterocycles. The quantitative estimate of drug-likeness (QED) is 0.500. The van der Waals surface area contributed by atoms with Crippen LogP contribution in [-0.2, 0) is 4.79 Å². The number of carboxylic acids is 1. The third-order valence-electron chi connectivity index (χ3n) is 2.07. The first-order chi connectivity index (χ1) is 8.29. The molecule has 0 rings (SSSR count). The minimum Gasteiger partial charge on any atom is -0.545 e. The zero-order valence-corrected chi connectivity index (χ0v) is 12.2. The third-order valence-corrected chi connectivity index (χ3v) is 2.07. The van der Waals surface area contributed by atoms with Crippen molar-refractivity contribution in [1.82, 2.24) is 0 Å². The van der Waals surface area contributed by atoms with E-state index in [-0.39, 0.29) is 0 Å². The number of nitrogens with one attached hydrogen (secondary N) is 1. The van der Waals surface area contributed by atoms with Crippen molar-refractivity contribution >= 4 is 5.97 Å². The van der Waals surface area contributed by atoms with Crippen LogP contribution in [-0.4, -0.2) is 38.3 Å². The van der Waals surface area contributed by atoms with Gasteiger partial charge in [0.05, 0.1) is 26.7 Å².